The van der Waals surface area contributed by atoms with Gasteiger partial charge in [-0.25, -0.2) is 0 Å². The van der Waals surface area contributed by atoms with E-state index in [0.717, 1.165) is 7.15 Å². The zero-order valence-corrected chi connectivity index (χ0v) is 10.5. The molecule has 7 heteroatoms. The Morgan fingerprint density at radius 3 is 3.00 bits per heavy atom. The maximum absolute atomic E-state index is 12.1. The van der Waals surface area contributed by atoms with Gasteiger partial charge in [-0.15, -0.1) is 0 Å². The molecule has 2 aliphatic carbocycles. The Morgan fingerprint density at radius 2 is 2.37 bits per heavy atom. The molecule has 1 spiro atoms. The van der Waals surface area contributed by atoms with Crippen LogP contribution in [0.5, 0.6) is 0 Å². The van der Waals surface area contributed by atoms with Crippen molar-refractivity contribution in [3.05, 3.63) is 12.2 Å². The molecule has 0 aromatic rings. The molecule has 1 heterocycles. The summed E-state index contributed by atoms with van der Waals surface area (Å²) in [4.78, 5) is 12.1. The van der Waals surface area contributed by atoms with Crippen LogP contribution in [0.15, 0.2) is 12.2 Å². The zero-order valence-electron chi connectivity index (χ0n) is 10.5. The Labute approximate surface area is 111 Å². The van der Waals surface area contributed by atoms with E-state index in [-0.39, 0.29) is 48.5 Å². The maximum atomic E-state index is 12.1. The Morgan fingerprint density at radius 1 is 1.53 bits per heavy atom. The van der Waals surface area contributed by atoms with Crippen molar-refractivity contribution in [3.63, 3.8) is 0 Å². The Kier molecular flexibility index (Phi) is 3.28. The summed E-state index contributed by atoms with van der Waals surface area (Å²) in [5.41, 5.74) is -0.318. The molecule has 0 aromatic carbocycles. The molecule has 1 saturated heterocycles. The van der Waals surface area contributed by atoms with Crippen LogP contribution in [0, 0.1) is 11.8 Å². The first kappa shape index (κ1) is 13.0. The molecule has 19 heavy (non-hydrogen) atoms. The molecule has 1 aliphatic heterocycles. The molecule has 0 radical (unpaired) electrons. The van der Waals surface area contributed by atoms with E-state index in [2.05, 4.69) is 5.32 Å². The van der Waals surface area contributed by atoms with E-state index < -0.39 is 0 Å². The predicted molar refractivity (Wildman–Crippen MR) is 64.8 cm³/mol. The fourth-order valence-electron chi connectivity index (χ4n) is 3.22. The second-order valence-corrected chi connectivity index (χ2v) is 5.14. The van der Waals surface area contributed by atoms with Gasteiger partial charge in [-0.05, 0) is 0 Å². The summed E-state index contributed by atoms with van der Waals surface area (Å²) in [7, 11) is 0.839. The molecule has 5 unspecified atom stereocenters. The van der Waals surface area contributed by atoms with E-state index in [9.17, 15) is 9.50 Å². The third-order valence-corrected chi connectivity index (χ3v) is 4.20. The van der Waals surface area contributed by atoms with Crippen LogP contribution in [0.2, 0.25) is 5.82 Å². The molecule has 0 aromatic heterocycles. The minimum atomic E-state index is -0.349. The summed E-state index contributed by atoms with van der Waals surface area (Å²) in [5.74, 6) is -0.752. The first-order valence-corrected chi connectivity index (χ1v) is 6.53. The number of nitrogens with one attached hydrogen (secondary N) is 1. The van der Waals surface area contributed by atoms with Crippen LogP contribution in [-0.4, -0.2) is 56.2 Å². The van der Waals surface area contributed by atoms with Gasteiger partial charge in [-0.1, -0.05) is 0 Å². The number of aliphatic hydroxyl groups is 1. The van der Waals surface area contributed by atoms with Crippen LogP contribution in [0.3, 0.4) is 0 Å². The van der Waals surface area contributed by atoms with Gasteiger partial charge in [0.2, 0.25) is 0 Å². The number of hydrogen-bond donors (Lipinski definition) is 2. The van der Waals surface area contributed by atoms with Gasteiger partial charge in [0.1, 0.15) is 0 Å². The summed E-state index contributed by atoms with van der Waals surface area (Å²) in [5, 5.41) is 11.3. The Hall–Kier alpha value is -1.05. The number of ether oxygens (including phenoxy) is 2. The molecule has 102 valence electrons. The molecule has 0 bridgehead atoms. The molecule has 3 aliphatic rings. The number of amides is 1. The summed E-state index contributed by atoms with van der Waals surface area (Å²) >= 11 is 0. The van der Waals surface area contributed by atoms with Crippen molar-refractivity contribution in [2.75, 3.05) is 26.4 Å². The molecule has 2 N–H and O–H groups in total. The average Bonchev–Trinajstić information content (AvgIpc) is 3.11. The molecule has 3 rings (SSSR count). The van der Waals surface area contributed by atoms with Crippen molar-refractivity contribution in [1.29, 1.82) is 0 Å². The van der Waals surface area contributed by atoms with Gasteiger partial charge in [0.05, 0.1) is 0 Å². The third kappa shape index (κ3) is 1.88. The summed E-state index contributed by atoms with van der Waals surface area (Å²) < 4.78 is 21.7. The molecular weight excluding hydrogens is 249 g/mol. The number of epoxide rings is 1. The van der Waals surface area contributed by atoms with E-state index in [1.54, 1.807) is 0 Å². The normalized spacial score (nSPS) is 40.9. The van der Waals surface area contributed by atoms with Crippen LogP contribution in [0.4, 0.5) is 0 Å². The van der Waals surface area contributed by atoms with E-state index in [1.165, 1.54) is 0 Å². The van der Waals surface area contributed by atoms with Crippen molar-refractivity contribution >= 4 is 13.1 Å². The van der Waals surface area contributed by atoms with Crippen molar-refractivity contribution in [3.8, 4) is 0 Å². The monoisotopic (exact) mass is 265 g/mol. The van der Waals surface area contributed by atoms with Crippen LogP contribution >= 0.6 is 0 Å². The standard InChI is InChI=1S/C12H16BNO5/c15-4-6-18-5-3-14-11(16)8-7-1-2-12(7)10(19-12)9(8)13-17/h1-2,7-10,15H,3-6H2,(H,14,16). The van der Waals surface area contributed by atoms with Crippen molar-refractivity contribution in [2.24, 2.45) is 11.8 Å². The molecule has 2 fully saturated rings. The average molecular weight is 265 g/mol. The molecular formula is C12H16BNO5. The van der Waals surface area contributed by atoms with E-state index in [1.807, 2.05) is 12.2 Å². The van der Waals surface area contributed by atoms with Gasteiger partial charge in [0.25, 0.3) is 0 Å². The number of carbonyl (C=O) groups excluding carboxylic acids is 1. The second kappa shape index (κ2) is 4.81. The third-order valence-electron chi connectivity index (χ3n) is 4.20. The number of rotatable bonds is 7. The zero-order chi connectivity index (χ0) is 13.5. The number of hydrogen-bond acceptors (Lipinski definition) is 5. The minimum absolute atomic E-state index is 0.0296. The van der Waals surface area contributed by atoms with Gasteiger partial charge in [0.15, 0.2) is 0 Å². The van der Waals surface area contributed by atoms with Gasteiger partial charge >= 0.3 is 110 Å². The number of aliphatic hydroxyl groups excluding tert-OH is 1. The van der Waals surface area contributed by atoms with Gasteiger partial charge in [-0.3, -0.25) is 0 Å². The van der Waals surface area contributed by atoms with Gasteiger partial charge in [-0.2, -0.15) is 0 Å². The first-order valence-electron chi connectivity index (χ1n) is 6.53. The fourth-order valence-corrected chi connectivity index (χ4v) is 3.22. The summed E-state index contributed by atoms with van der Waals surface area (Å²) in [6, 6.07) is 0. The molecule has 5 atom stereocenters. The quantitative estimate of drug-likeness (QED) is 0.264. The predicted octanol–water partition coefficient (Wildman–Crippen LogP) is -1.10. The van der Waals surface area contributed by atoms with Crippen molar-refractivity contribution in [1.82, 2.24) is 5.32 Å². The fraction of sp³-hybridized carbons (Fsp3) is 0.750. The molecule has 1 saturated carbocycles. The summed E-state index contributed by atoms with van der Waals surface area (Å²) in [6.45, 7) is 0.977. The first-order chi connectivity index (χ1) is 9.24. The van der Waals surface area contributed by atoms with Gasteiger partial charge in [0, 0.05) is 0 Å². The SMILES string of the molecule is O=BC1C(C(=O)NCCOCCO)C2C=CC23OC13. The Balaban J connectivity index is 1.52. The van der Waals surface area contributed by atoms with E-state index in [4.69, 9.17) is 14.6 Å². The topological polar surface area (TPSA) is 88.2 Å². The number of carbonyl (C=O) groups is 1. The van der Waals surface area contributed by atoms with Crippen LogP contribution in [0.1, 0.15) is 0 Å². The van der Waals surface area contributed by atoms with E-state index >= 15 is 0 Å². The Bertz CT molecular complexity index is 428. The molecule has 6 nitrogen and oxygen atoms in total. The van der Waals surface area contributed by atoms with Gasteiger partial charge < -0.3 is 0 Å². The van der Waals surface area contributed by atoms with Crippen molar-refractivity contribution < 1.29 is 24.1 Å². The van der Waals surface area contributed by atoms with Crippen molar-refractivity contribution in [2.45, 2.75) is 17.5 Å². The summed E-state index contributed by atoms with van der Waals surface area (Å²) in [6.07, 6.45) is 3.80. The van der Waals surface area contributed by atoms with Crippen LogP contribution in [0.25, 0.3) is 0 Å². The molecule has 1 amide bonds. The van der Waals surface area contributed by atoms with Crippen LogP contribution < -0.4 is 5.32 Å². The van der Waals surface area contributed by atoms with E-state index in [0.29, 0.717) is 13.2 Å². The second-order valence-electron chi connectivity index (χ2n) is 5.14. The van der Waals surface area contributed by atoms with Crippen LogP contribution in [-0.2, 0) is 19.0 Å².